The molecule has 1 amide bonds. The van der Waals surface area contributed by atoms with Crippen LogP contribution in [0.3, 0.4) is 0 Å². The largest absolute Gasteiger partial charge is 0.444 e. The van der Waals surface area contributed by atoms with Gasteiger partial charge in [-0.1, -0.05) is 6.92 Å². The Bertz CT molecular complexity index is 260. The molecule has 0 saturated carbocycles. The van der Waals surface area contributed by atoms with E-state index in [1.165, 1.54) is 0 Å². The number of hydrogen-bond acceptors (Lipinski definition) is 3. The van der Waals surface area contributed by atoms with Crippen LogP contribution in [-0.4, -0.2) is 40.4 Å². The Morgan fingerprint density at radius 3 is 2.71 bits per heavy atom. The standard InChI is InChI=1S/C13H25NO3/c1-5-11(15)9-10-7-6-8-14(10)12(16)17-13(2,3)4/h10-11,15H,5-9H2,1-4H3/t10-,11?/m1/s1. The Balaban J connectivity index is 2.54. The van der Waals surface area contributed by atoms with Crippen LogP contribution in [0.1, 0.15) is 53.4 Å². The molecule has 0 aromatic carbocycles. The highest BCUT2D eigenvalue weighted by atomic mass is 16.6. The van der Waals surface area contributed by atoms with Crippen molar-refractivity contribution in [3.63, 3.8) is 0 Å². The third-order valence-corrected chi connectivity index (χ3v) is 3.02. The average molecular weight is 243 g/mol. The van der Waals surface area contributed by atoms with Gasteiger partial charge in [0.1, 0.15) is 5.60 Å². The van der Waals surface area contributed by atoms with Crippen LogP contribution in [0.25, 0.3) is 0 Å². The van der Waals surface area contributed by atoms with E-state index in [0.717, 1.165) is 25.8 Å². The molecule has 1 heterocycles. The van der Waals surface area contributed by atoms with Crippen molar-refractivity contribution in [2.24, 2.45) is 0 Å². The summed E-state index contributed by atoms with van der Waals surface area (Å²) in [5, 5.41) is 9.67. The average Bonchev–Trinajstić information content (AvgIpc) is 2.63. The zero-order valence-electron chi connectivity index (χ0n) is 11.4. The smallest absolute Gasteiger partial charge is 0.410 e. The summed E-state index contributed by atoms with van der Waals surface area (Å²) in [6, 6.07) is 0.139. The second-order valence-corrected chi connectivity index (χ2v) is 5.77. The van der Waals surface area contributed by atoms with E-state index in [2.05, 4.69) is 0 Å². The van der Waals surface area contributed by atoms with Gasteiger partial charge in [0.05, 0.1) is 6.10 Å². The minimum Gasteiger partial charge on any atom is -0.444 e. The van der Waals surface area contributed by atoms with Crippen molar-refractivity contribution in [1.82, 2.24) is 4.90 Å². The fourth-order valence-electron chi connectivity index (χ4n) is 2.12. The predicted octanol–water partition coefficient (Wildman–Crippen LogP) is 2.55. The van der Waals surface area contributed by atoms with Crippen molar-refractivity contribution in [2.45, 2.75) is 71.1 Å². The molecular formula is C13H25NO3. The quantitative estimate of drug-likeness (QED) is 0.828. The fourth-order valence-corrected chi connectivity index (χ4v) is 2.12. The SMILES string of the molecule is CCC(O)C[C@H]1CCCN1C(=O)OC(C)(C)C. The molecule has 0 aliphatic carbocycles. The number of carbonyl (C=O) groups excluding carboxylic acids is 1. The first kappa shape index (κ1) is 14.3. The molecule has 0 spiro atoms. The summed E-state index contributed by atoms with van der Waals surface area (Å²) < 4.78 is 5.37. The molecule has 2 atom stereocenters. The molecule has 0 aromatic rings. The maximum Gasteiger partial charge on any atom is 0.410 e. The van der Waals surface area contributed by atoms with Crippen LogP contribution < -0.4 is 0 Å². The van der Waals surface area contributed by atoms with Crippen LogP contribution in [-0.2, 0) is 4.74 Å². The zero-order chi connectivity index (χ0) is 13.1. The number of aliphatic hydroxyl groups excluding tert-OH is 1. The van der Waals surface area contributed by atoms with Gasteiger partial charge in [0, 0.05) is 12.6 Å². The lowest BCUT2D eigenvalue weighted by molar-refractivity contribution is 0.0178. The highest BCUT2D eigenvalue weighted by Crippen LogP contribution is 2.24. The number of ether oxygens (including phenoxy) is 1. The van der Waals surface area contributed by atoms with Crippen molar-refractivity contribution in [3.8, 4) is 0 Å². The Hall–Kier alpha value is -0.770. The van der Waals surface area contributed by atoms with Crippen molar-refractivity contribution in [2.75, 3.05) is 6.54 Å². The lowest BCUT2D eigenvalue weighted by Gasteiger charge is -2.29. The Morgan fingerprint density at radius 2 is 2.18 bits per heavy atom. The number of amides is 1. The van der Waals surface area contributed by atoms with Crippen LogP contribution in [0.15, 0.2) is 0 Å². The molecule has 17 heavy (non-hydrogen) atoms. The van der Waals surface area contributed by atoms with E-state index in [1.807, 2.05) is 27.7 Å². The van der Waals surface area contributed by atoms with Gasteiger partial charge in [0.25, 0.3) is 0 Å². The molecule has 100 valence electrons. The van der Waals surface area contributed by atoms with E-state index in [4.69, 9.17) is 4.74 Å². The second kappa shape index (κ2) is 5.71. The van der Waals surface area contributed by atoms with E-state index < -0.39 is 5.60 Å². The monoisotopic (exact) mass is 243 g/mol. The summed E-state index contributed by atoms with van der Waals surface area (Å²) in [6.07, 6.45) is 2.80. The van der Waals surface area contributed by atoms with Crippen LogP contribution in [0.2, 0.25) is 0 Å². The third-order valence-electron chi connectivity index (χ3n) is 3.02. The molecule has 1 unspecified atom stereocenters. The molecule has 1 aliphatic rings. The normalized spacial score (nSPS) is 22.6. The molecule has 0 aromatic heterocycles. The van der Waals surface area contributed by atoms with Crippen molar-refractivity contribution >= 4 is 6.09 Å². The molecule has 4 heteroatoms. The molecule has 1 saturated heterocycles. The first-order valence-corrected chi connectivity index (χ1v) is 6.51. The van der Waals surface area contributed by atoms with Crippen LogP contribution in [0.4, 0.5) is 4.79 Å². The van der Waals surface area contributed by atoms with Crippen LogP contribution in [0, 0.1) is 0 Å². The maximum absolute atomic E-state index is 12.0. The molecular weight excluding hydrogens is 218 g/mol. The highest BCUT2D eigenvalue weighted by Gasteiger charge is 2.32. The minimum absolute atomic E-state index is 0.139. The van der Waals surface area contributed by atoms with Crippen molar-refractivity contribution < 1.29 is 14.6 Å². The third kappa shape index (κ3) is 4.54. The summed E-state index contributed by atoms with van der Waals surface area (Å²) in [4.78, 5) is 13.7. The van der Waals surface area contributed by atoms with E-state index in [0.29, 0.717) is 6.42 Å². The number of nitrogens with zero attached hydrogens (tertiary/aromatic N) is 1. The van der Waals surface area contributed by atoms with Crippen LogP contribution >= 0.6 is 0 Å². The van der Waals surface area contributed by atoms with Gasteiger partial charge in [0.2, 0.25) is 0 Å². The molecule has 1 N–H and O–H groups in total. The lowest BCUT2D eigenvalue weighted by Crippen LogP contribution is -2.41. The predicted molar refractivity (Wildman–Crippen MR) is 66.9 cm³/mol. The summed E-state index contributed by atoms with van der Waals surface area (Å²) in [5.74, 6) is 0. The van der Waals surface area contributed by atoms with E-state index in [-0.39, 0.29) is 18.2 Å². The van der Waals surface area contributed by atoms with Gasteiger partial charge in [-0.05, 0) is 46.5 Å². The van der Waals surface area contributed by atoms with Gasteiger partial charge in [-0.3, -0.25) is 0 Å². The number of hydrogen-bond donors (Lipinski definition) is 1. The minimum atomic E-state index is -0.451. The molecule has 1 rings (SSSR count). The van der Waals surface area contributed by atoms with Crippen LogP contribution in [0.5, 0.6) is 0 Å². The number of aliphatic hydroxyl groups is 1. The summed E-state index contributed by atoms with van der Waals surface area (Å²) in [7, 11) is 0. The Morgan fingerprint density at radius 1 is 1.53 bits per heavy atom. The number of rotatable bonds is 3. The summed E-state index contributed by atoms with van der Waals surface area (Å²) >= 11 is 0. The summed E-state index contributed by atoms with van der Waals surface area (Å²) in [5.41, 5.74) is -0.451. The molecule has 1 aliphatic heterocycles. The Labute approximate surface area is 104 Å². The Kier molecular flexibility index (Phi) is 4.80. The topological polar surface area (TPSA) is 49.8 Å². The van der Waals surface area contributed by atoms with E-state index >= 15 is 0 Å². The molecule has 0 bridgehead atoms. The van der Waals surface area contributed by atoms with Crippen molar-refractivity contribution in [1.29, 1.82) is 0 Å². The highest BCUT2D eigenvalue weighted by molar-refractivity contribution is 5.68. The second-order valence-electron chi connectivity index (χ2n) is 5.77. The number of likely N-dealkylation sites (tertiary alicyclic amines) is 1. The van der Waals surface area contributed by atoms with E-state index in [9.17, 15) is 9.90 Å². The van der Waals surface area contributed by atoms with Crippen molar-refractivity contribution in [3.05, 3.63) is 0 Å². The zero-order valence-corrected chi connectivity index (χ0v) is 11.4. The molecule has 4 nitrogen and oxygen atoms in total. The van der Waals surface area contributed by atoms with Gasteiger partial charge < -0.3 is 14.7 Å². The first-order chi connectivity index (χ1) is 7.83. The summed E-state index contributed by atoms with van der Waals surface area (Å²) in [6.45, 7) is 8.32. The molecule has 1 fully saturated rings. The van der Waals surface area contributed by atoms with Gasteiger partial charge in [-0.15, -0.1) is 0 Å². The van der Waals surface area contributed by atoms with Gasteiger partial charge in [-0.25, -0.2) is 4.79 Å². The number of carbonyl (C=O) groups is 1. The fraction of sp³-hybridized carbons (Fsp3) is 0.923. The van der Waals surface area contributed by atoms with Gasteiger partial charge >= 0.3 is 6.09 Å². The van der Waals surface area contributed by atoms with Gasteiger partial charge in [0.15, 0.2) is 0 Å². The maximum atomic E-state index is 12.0. The van der Waals surface area contributed by atoms with Gasteiger partial charge in [-0.2, -0.15) is 0 Å². The molecule has 0 radical (unpaired) electrons. The lowest BCUT2D eigenvalue weighted by atomic mass is 10.1. The first-order valence-electron chi connectivity index (χ1n) is 6.51. The van der Waals surface area contributed by atoms with E-state index in [1.54, 1.807) is 4.90 Å².